The second-order valence-corrected chi connectivity index (χ2v) is 6.44. The van der Waals surface area contributed by atoms with Crippen molar-refractivity contribution in [2.24, 2.45) is 0 Å². The molecule has 1 aromatic carbocycles. The third-order valence-corrected chi connectivity index (χ3v) is 4.95. The van der Waals surface area contributed by atoms with Crippen LogP contribution in [0.4, 0.5) is 0 Å². The maximum absolute atomic E-state index is 9.60. The maximum Gasteiger partial charge on any atom is 0.0541 e. The minimum atomic E-state index is -0.0601. The number of rotatable bonds is 2. The van der Waals surface area contributed by atoms with Gasteiger partial charge in [-0.3, -0.25) is 0 Å². The van der Waals surface area contributed by atoms with E-state index in [1.54, 1.807) is 5.56 Å². The van der Waals surface area contributed by atoms with Gasteiger partial charge in [0.1, 0.15) is 0 Å². The summed E-state index contributed by atoms with van der Waals surface area (Å²) in [6, 6.07) is 7.82. The molecule has 0 heterocycles. The molecule has 19 heavy (non-hydrogen) atoms. The van der Waals surface area contributed by atoms with Crippen molar-refractivity contribution in [2.45, 2.75) is 70.1 Å². The molecule has 2 atom stereocenters. The first-order chi connectivity index (χ1) is 9.15. The minimum absolute atomic E-state index is 0.0601. The van der Waals surface area contributed by atoms with Crippen LogP contribution in [0.1, 0.15) is 67.7 Å². The van der Waals surface area contributed by atoms with Crippen molar-refractivity contribution in [3.8, 4) is 0 Å². The van der Waals surface area contributed by atoms with Crippen LogP contribution >= 0.6 is 0 Å². The van der Waals surface area contributed by atoms with Crippen molar-refractivity contribution in [3.63, 3.8) is 0 Å². The molecule has 2 aliphatic carbocycles. The van der Waals surface area contributed by atoms with Gasteiger partial charge in [0.15, 0.2) is 0 Å². The lowest BCUT2D eigenvalue weighted by Gasteiger charge is -2.29. The fourth-order valence-corrected chi connectivity index (χ4v) is 3.96. The molecular weight excluding hydrogens is 234 g/mol. The summed E-state index contributed by atoms with van der Waals surface area (Å²) in [5.74, 6) is 0.669. The Morgan fingerprint density at radius 3 is 2.63 bits per heavy atom. The maximum atomic E-state index is 9.60. The molecule has 2 aliphatic rings. The first-order valence-corrected chi connectivity index (χ1v) is 7.68. The molecule has 2 nitrogen and oxygen atoms in total. The summed E-state index contributed by atoms with van der Waals surface area (Å²) in [4.78, 5) is 0. The Hall–Kier alpha value is -0.860. The number of hydrogen-bond acceptors (Lipinski definition) is 2. The third kappa shape index (κ3) is 2.56. The van der Waals surface area contributed by atoms with E-state index in [9.17, 15) is 5.11 Å². The van der Waals surface area contributed by atoms with Crippen LogP contribution in [-0.2, 0) is 0 Å². The van der Waals surface area contributed by atoms with Crippen LogP contribution in [-0.4, -0.2) is 17.3 Å². The van der Waals surface area contributed by atoms with E-state index in [0.717, 1.165) is 25.7 Å². The Kier molecular flexibility index (Phi) is 3.64. The van der Waals surface area contributed by atoms with E-state index in [0.29, 0.717) is 18.0 Å². The molecule has 0 saturated heterocycles. The number of hydrogen-bond donors (Lipinski definition) is 2. The molecule has 0 aromatic heterocycles. The topological polar surface area (TPSA) is 32.3 Å². The molecule has 0 aliphatic heterocycles. The molecule has 0 spiro atoms. The van der Waals surface area contributed by atoms with E-state index in [1.807, 2.05) is 0 Å². The molecule has 0 radical (unpaired) electrons. The number of aryl methyl sites for hydroxylation is 1. The van der Waals surface area contributed by atoms with Crippen LogP contribution < -0.4 is 5.32 Å². The Morgan fingerprint density at radius 2 is 1.89 bits per heavy atom. The van der Waals surface area contributed by atoms with Gasteiger partial charge in [0, 0.05) is 12.1 Å². The van der Waals surface area contributed by atoms with Gasteiger partial charge in [-0.25, -0.2) is 0 Å². The van der Waals surface area contributed by atoms with Gasteiger partial charge in [-0.05, 0) is 61.6 Å². The molecule has 1 saturated carbocycles. The lowest BCUT2D eigenvalue weighted by molar-refractivity contribution is 0.114. The molecule has 2 unspecified atom stereocenters. The SMILES string of the molecule is Cc1cccc2c1C(C)CC2NC1CCC(O)CC1. The van der Waals surface area contributed by atoms with Crippen LogP contribution in [0.3, 0.4) is 0 Å². The van der Waals surface area contributed by atoms with Gasteiger partial charge < -0.3 is 10.4 Å². The average molecular weight is 259 g/mol. The fraction of sp³-hybridized carbons (Fsp3) is 0.647. The zero-order chi connectivity index (χ0) is 13.4. The van der Waals surface area contributed by atoms with Gasteiger partial charge in [-0.1, -0.05) is 25.1 Å². The highest BCUT2D eigenvalue weighted by Gasteiger charge is 2.31. The Balaban J connectivity index is 1.73. The zero-order valence-electron chi connectivity index (χ0n) is 12.0. The van der Waals surface area contributed by atoms with Crippen molar-refractivity contribution >= 4 is 0 Å². The van der Waals surface area contributed by atoms with Gasteiger partial charge >= 0.3 is 0 Å². The Bertz CT molecular complexity index is 449. The van der Waals surface area contributed by atoms with Crippen molar-refractivity contribution in [2.75, 3.05) is 0 Å². The average Bonchev–Trinajstić information content (AvgIpc) is 2.70. The quantitative estimate of drug-likeness (QED) is 0.852. The van der Waals surface area contributed by atoms with Crippen molar-refractivity contribution in [3.05, 3.63) is 34.9 Å². The lowest BCUT2D eigenvalue weighted by atomic mass is 9.92. The van der Waals surface area contributed by atoms with Gasteiger partial charge in [0.2, 0.25) is 0 Å². The first kappa shape index (κ1) is 13.1. The van der Waals surface area contributed by atoms with Crippen LogP contribution in [0.25, 0.3) is 0 Å². The zero-order valence-corrected chi connectivity index (χ0v) is 12.0. The molecule has 2 heteroatoms. The summed E-state index contributed by atoms with van der Waals surface area (Å²) in [6.45, 7) is 4.58. The van der Waals surface area contributed by atoms with Crippen LogP contribution in [0.5, 0.6) is 0 Å². The van der Waals surface area contributed by atoms with Crippen molar-refractivity contribution < 1.29 is 5.11 Å². The molecule has 1 aromatic rings. The van der Waals surface area contributed by atoms with E-state index < -0.39 is 0 Å². The molecule has 1 fully saturated rings. The Morgan fingerprint density at radius 1 is 1.16 bits per heavy atom. The number of aliphatic hydroxyl groups excluding tert-OH is 1. The van der Waals surface area contributed by atoms with Crippen LogP contribution in [0.2, 0.25) is 0 Å². The largest absolute Gasteiger partial charge is 0.393 e. The predicted molar refractivity (Wildman–Crippen MR) is 78.4 cm³/mol. The Labute approximate surface area is 116 Å². The summed E-state index contributed by atoms with van der Waals surface area (Å²) in [6.07, 6.45) is 5.32. The van der Waals surface area contributed by atoms with Crippen molar-refractivity contribution in [1.82, 2.24) is 5.32 Å². The van der Waals surface area contributed by atoms with E-state index in [1.165, 1.54) is 17.5 Å². The van der Waals surface area contributed by atoms with Crippen molar-refractivity contribution in [1.29, 1.82) is 0 Å². The van der Waals surface area contributed by atoms with Gasteiger partial charge in [-0.2, -0.15) is 0 Å². The summed E-state index contributed by atoms with van der Waals surface area (Å²) in [5.41, 5.74) is 4.52. The highest BCUT2D eigenvalue weighted by molar-refractivity contribution is 5.43. The molecule has 0 bridgehead atoms. The van der Waals surface area contributed by atoms with E-state index >= 15 is 0 Å². The van der Waals surface area contributed by atoms with Crippen LogP contribution in [0.15, 0.2) is 18.2 Å². The second kappa shape index (κ2) is 5.26. The standard InChI is InChI=1S/C17H25NO/c1-11-4-3-5-15-16(10-12(2)17(11)15)18-13-6-8-14(19)9-7-13/h3-5,12-14,16,18-19H,6-10H2,1-2H3. The first-order valence-electron chi connectivity index (χ1n) is 7.68. The number of benzene rings is 1. The van der Waals surface area contributed by atoms with E-state index in [2.05, 4.69) is 37.4 Å². The monoisotopic (exact) mass is 259 g/mol. The fourth-order valence-electron chi connectivity index (χ4n) is 3.96. The number of fused-ring (bicyclic) bond motifs is 1. The van der Waals surface area contributed by atoms with Gasteiger partial charge in [0.05, 0.1) is 6.10 Å². The summed E-state index contributed by atoms with van der Waals surface area (Å²) in [7, 11) is 0. The predicted octanol–water partition coefficient (Wildman–Crippen LogP) is 3.44. The minimum Gasteiger partial charge on any atom is -0.393 e. The molecule has 104 valence electrons. The molecule has 3 rings (SSSR count). The smallest absolute Gasteiger partial charge is 0.0541 e. The highest BCUT2D eigenvalue weighted by atomic mass is 16.3. The highest BCUT2D eigenvalue weighted by Crippen LogP contribution is 2.42. The lowest BCUT2D eigenvalue weighted by Crippen LogP contribution is -2.36. The summed E-state index contributed by atoms with van der Waals surface area (Å²) < 4.78 is 0. The normalized spacial score (nSPS) is 34.3. The van der Waals surface area contributed by atoms with Gasteiger partial charge in [-0.15, -0.1) is 0 Å². The van der Waals surface area contributed by atoms with Crippen LogP contribution in [0, 0.1) is 6.92 Å². The van der Waals surface area contributed by atoms with Gasteiger partial charge in [0.25, 0.3) is 0 Å². The summed E-state index contributed by atoms with van der Waals surface area (Å²) in [5, 5.41) is 13.4. The molecule has 2 N–H and O–H groups in total. The summed E-state index contributed by atoms with van der Waals surface area (Å²) >= 11 is 0. The molecular formula is C17H25NO. The molecule has 0 amide bonds. The number of nitrogens with one attached hydrogen (secondary N) is 1. The number of aliphatic hydroxyl groups is 1. The third-order valence-electron chi connectivity index (χ3n) is 4.95. The van der Waals surface area contributed by atoms with E-state index in [-0.39, 0.29) is 6.10 Å². The van der Waals surface area contributed by atoms with E-state index in [4.69, 9.17) is 0 Å². The second-order valence-electron chi connectivity index (χ2n) is 6.44.